The summed E-state index contributed by atoms with van der Waals surface area (Å²) in [6.07, 6.45) is 0.254. The van der Waals surface area contributed by atoms with E-state index in [4.69, 9.17) is 28.5 Å². The fourth-order valence-corrected chi connectivity index (χ4v) is 4.83. The SMILES string of the molecule is Cc1ccc(S(=O)(=O)N(CC(=O)Nc2ccc(CC#N)cc2)c2cccc(Cl)c2Cl)cc1. The molecule has 3 aromatic carbocycles. The maximum Gasteiger partial charge on any atom is 0.264 e. The molecule has 6 nitrogen and oxygen atoms in total. The minimum Gasteiger partial charge on any atom is -0.325 e. The lowest BCUT2D eigenvalue weighted by Crippen LogP contribution is -2.38. The van der Waals surface area contributed by atoms with Crippen molar-refractivity contribution < 1.29 is 13.2 Å². The molecule has 0 aliphatic rings. The largest absolute Gasteiger partial charge is 0.325 e. The standard InChI is InChI=1S/C23H19Cl2N3O3S/c1-16-5-11-19(12-6-16)32(30,31)28(21-4-2-3-20(24)23(21)25)15-22(29)27-18-9-7-17(8-10-18)13-14-26/h2-12H,13,15H2,1H3,(H,27,29). The van der Waals surface area contributed by atoms with Gasteiger partial charge in [-0.15, -0.1) is 0 Å². The molecule has 0 unspecified atom stereocenters. The van der Waals surface area contributed by atoms with Crippen LogP contribution in [-0.2, 0) is 21.2 Å². The van der Waals surface area contributed by atoms with E-state index in [1.807, 2.05) is 13.0 Å². The van der Waals surface area contributed by atoms with Gasteiger partial charge in [0.15, 0.2) is 0 Å². The number of benzene rings is 3. The first-order valence-corrected chi connectivity index (χ1v) is 11.7. The smallest absolute Gasteiger partial charge is 0.264 e. The summed E-state index contributed by atoms with van der Waals surface area (Å²) in [6, 6.07) is 19.7. The van der Waals surface area contributed by atoms with Crippen molar-refractivity contribution in [3.63, 3.8) is 0 Å². The van der Waals surface area contributed by atoms with Gasteiger partial charge >= 0.3 is 0 Å². The summed E-state index contributed by atoms with van der Waals surface area (Å²) in [7, 11) is -4.12. The van der Waals surface area contributed by atoms with Gasteiger partial charge in [0.25, 0.3) is 10.0 Å². The van der Waals surface area contributed by atoms with Crippen LogP contribution in [0.15, 0.2) is 71.6 Å². The molecule has 0 saturated heterocycles. The predicted octanol–water partition coefficient (Wildman–Crippen LogP) is 5.20. The fourth-order valence-electron chi connectivity index (χ4n) is 2.95. The van der Waals surface area contributed by atoms with E-state index in [2.05, 4.69) is 5.32 Å². The van der Waals surface area contributed by atoms with Gasteiger partial charge in [-0.25, -0.2) is 8.42 Å². The number of hydrogen-bond acceptors (Lipinski definition) is 4. The average molecular weight is 488 g/mol. The highest BCUT2D eigenvalue weighted by Gasteiger charge is 2.29. The second-order valence-corrected chi connectivity index (χ2v) is 9.63. The Bertz CT molecular complexity index is 1270. The number of anilines is 2. The van der Waals surface area contributed by atoms with E-state index in [0.717, 1.165) is 15.4 Å². The molecule has 1 N–H and O–H groups in total. The molecule has 0 heterocycles. The van der Waals surface area contributed by atoms with Gasteiger partial charge < -0.3 is 5.32 Å². The van der Waals surface area contributed by atoms with Crippen molar-refractivity contribution in [1.29, 1.82) is 5.26 Å². The third-order valence-corrected chi connectivity index (χ3v) is 7.20. The Kier molecular flexibility index (Phi) is 7.41. The van der Waals surface area contributed by atoms with Gasteiger partial charge in [-0.3, -0.25) is 9.10 Å². The van der Waals surface area contributed by atoms with E-state index in [1.54, 1.807) is 42.5 Å². The maximum absolute atomic E-state index is 13.4. The van der Waals surface area contributed by atoms with Crippen LogP contribution in [0.25, 0.3) is 0 Å². The van der Waals surface area contributed by atoms with E-state index < -0.39 is 22.5 Å². The Balaban J connectivity index is 1.94. The molecule has 0 radical (unpaired) electrons. The molecule has 0 aliphatic heterocycles. The molecule has 0 aliphatic carbocycles. The number of rotatable bonds is 7. The quantitative estimate of drug-likeness (QED) is 0.495. The van der Waals surface area contributed by atoms with E-state index in [0.29, 0.717) is 5.69 Å². The zero-order valence-corrected chi connectivity index (χ0v) is 19.4. The van der Waals surface area contributed by atoms with Crippen molar-refractivity contribution in [2.24, 2.45) is 0 Å². The highest BCUT2D eigenvalue weighted by atomic mass is 35.5. The summed E-state index contributed by atoms with van der Waals surface area (Å²) in [5.41, 5.74) is 2.27. The molecular formula is C23H19Cl2N3O3S. The zero-order valence-electron chi connectivity index (χ0n) is 17.0. The van der Waals surface area contributed by atoms with Gasteiger partial charge in [0, 0.05) is 5.69 Å². The number of nitrogens with zero attached hydrogens (tertiary/aromatic N) is 2. The second-order valence-electron chi connectivity index (χ2n) is 6.98. The van der Waals surface area contributed by atoms with Crippen LogP contribution in [0.3, 0.4) is 0 Å². The molecule has 1 amide bonds. The normalized spacial score (nSPS) is 10.9. The minimum absolute atomic E-state index is 0.0211. The molecule has 0 bridgehead atoms. The van der Waals surface area contributed by atoms with Crippen molar-refractivity contribution in [1.82, 2.24) is 0 Å². The minimum atomic E-state index is -4.12. The van der Waals surface area contributed by atoms with Crippen molar-refractivity contribution >= 4 is 50.5 Å². The summed E-state index contributed by atoms with van der Waals surface area (Å²) in [6.45, 7) is 1.33. The topological polar surface area (TPSA) is 90.3 Å². The van der Waals surface area contributed by atoms with Crippen molar-refractivity contribution in [3.8, 4) is 6.07 Å². The predicted molar refractivity (Wildman–Crippen MR) is 127 cm³/mol. The lowest BCUT2D eigenvalue weighted by Gasteiger charge is -2.25. The van der Waals surface area contributed by atoms with Crippen LogP contribution in [0.5, 0.6) is 0 Å². The Morgan fingerprint density at radius 3 is 2.31 bits per heavy atom. The Morgan fingerprint density at radius 1 is 1.03 bits per heavy atom. The molecule has 164 valence electrons. The monoisotopic (exact) mass is 487 g/mol. The molecule has 0 spiro atoms. The third-order valence-electron chi connectivity index (χ3n) is 4.62. The average Bonchev–Trinajstić information content (AvgIpc) is 2.76. The van der Waals surface area contributed by atoms with Crippen LogP contribution in [0, 0.1) is 18.3 Å². The number of nitriles is 1. The summed E-state index contributed by atoms with van der Waals surface area (Å²) in [4.78, 5) is 12.8. The number of halogens is 2. The summed E-state index contributed by atoms with van der Waals surface area (Å²) in [5, 5.41) is 11.6. The van der Waals surface area contributed by atoms with Crippen molar-refractivity contribution in [2.75, 3.05) is 16.2 Å². The van der Waals surface area contributed by atoms with Gasteiger partial charge in [-0.05, 0) is 48.9 Å². The second kappa shape index (κ2) is 10.0. The fraction of sp³-hybridized carbons (Fsp3) is 0.130. The van der Waals surface area contributed by atoms with E-state index in [-0.39, 0.29) is 27.0 Å². The third kappa shape index (κ3) is 5.40. The molecule has 0 saturated carbocycles. The molecule has 0 atom stereocenters. The van der Waals surface area contributed by atoms with E-state index >= 15 is 0 Å². The molecule has 32 heavy (non-hydrogen) atoms. The lowest BCUT2D eigenvalue weighted by molar-refractivity contribution is -0.114. The number of amides is 1. The van der Waals surface area contributed by atoms with Gasteiger partial charge in [-0.2, -0.15) is 5.26 Å². The molecule has 3 rings (SSSR count). The van der Waals surface area contributed by atoms with Crippen LogP contribution < -0.4 is 9.62 Å². The zero-order chi connectivity index (χ0) is 23.3. The molecule has 9 heteroatoms. The number of aryl methyl sites for hydroxylation is 1. The molecule has 0 fully saturated rings. The van der Waals surface area contributed by atoms with E-state index in [9.17, 15) is 13.2 Å². The highest BCUT2D eigenvalue weighted by molar-refractivity contribution is 7.92. The van der Waals surface area contributed by atoms with Crippen LogP contribution >= 0.6 is 23.2 Å². The first kappa shape index (κ1) is 23.6. The van der Waals surface area contributed by atoms with Gasteiger partial charge in [0.1, 0.15) is 6.54 Å². The van der Waals surface area contributed by atoms with Gasteiger partial charge in [0.05, 0.1) is 33.1 Å². The van der Waals surface area contributed by atoms with Crippen LogP contribution in [0.1, 0.15) is 11.1 Å². The van der Waals surface area contributed by atoms with Gasteiger partial charge in [0.2, 0.25) is 5.91 Å². The molecular weight excluding hydrogens is 469 g/mol. The maximum atomic E-state index is 13.4. The van der Waals surface area contributed by atoms with Crippen molar-refractivity contribution in [2.45, 2.75) is 18.2 Å². The van der Waals surface area contributed by atoms with Crippen molar-refractivity contribution in [3.05, 3.63) is 87.9 Å². The Hall–Kier alpha value is -3.05. The highest BCUT2D eigenvalue weighted by Crippen LogP contribution is 2.35. The Morgan fingerprint density at radius 2 is 1.69 bits per heavy atom. The number of sulfonamides is 1. The summed E-state index contributed by atoms with van der Waals surface area (Å²) in [5.74, 6) is -0.565. The summed E-state index contributed by atoms with van der Waals surface area (Å²) < 4.78 is 27.8. The number of hydrogen-bond donors (Lipinski definition) is 1. The number of carbonyl (C=O) groups excluding carboxylic acids is 1. The Labute approximate surface area is 197 Å². The van der Waals surface area contributed by atoms with E-state index in [1.165, 1.54) is 24.3 Å². The van der Waals surface area contributed by atoms with Crippen LogP contribution in [0.4, 0.5) is 11.4 Å². The summed E-state index contributed by atoms with van der Waals surface area (Å²) >= 11 is 12.4. The van der Waals surface area contributed by atoms with Crippen LogP contribution in [-0.4, -0.2) is 20.9 Å². The van der Waals surface area contributed by atoms with Crippen LogP contribution in [0.2, 0.25) is 10.0 Å². The number of nitrogens with one attached hydrogen (secondary N) is 1. The molecule has 0 aromatic heterocycles. The first-order valence-electron chi connectivity index (χ1n) is 9.51. The molecule has 3 aromatic rings. The number of carbonyl (C=O) groups is 1. The van der Waals surface area contributed by atoms with Gasteiger partial charge in [-0.1, -0.05) is 59.1 Å². The lowest BCUT2D eigenvalue weighted by atomic mass is 10.1. The first-order chi connectivity index (χ1) is 15.2.